The first-order valence-electron chi connectivity index (χ1n) is 7.46. The first-order valence-corrected chi connectivity index (χ1v) is 7.46. The van der Waals surface area contributed by atoms with Gasteiger partial charge in [-0.2, -0.15) is 0 Å². The van der Waals surface area contributed by atoms with E-state index < -0.39 is 0 Å². The molecule has 2 nitrogen and oxygen atoms in total. The van der Waals surface area contributed by atoms with Crippen molar-refractivity contribution in [3.05, 3.63) is 0 Å². The minimum absolute atomic E-state index is 0.321. The minimum atomic E-state index is 0.321. The lowest BCUT2D eigenvalue weighted by atomic mass is 10.1. The molecule has 0 aromatic carbocycles. The van der Waals surface area contributed by atoms with E-state index in [0.29, 0.717) is 6.10 Å². The second-order valence-electron chi connectivity index (χ2n) is 5.01. The molecule has 2 heteroatoms. The molecule has 0 spiro atoms. The summed E-state index contributed by atoms with van der Waals surface area (Å²) in [5.74, 6) is 0. The molecule has 0 rings (SSSR count). The van der Waals surface area contributed by atoms with Crippen LogP contribution in [-0.4, -0.2) is 25.9 Å². The molecule has 0 aliphatic carbocycles. The van der Waals surface area contributed by atoms with Crippen LogP contribution in [0.3, 0.4) is 0 Å². The van der Waals surface area contributed by atoms with Crippen molar-refractivity contribution in [1.29, 1.82) is 0 Å². The lowest BCUT2D eigenvalue weighted by molar-refractivity contribution is 0.0186. The summed E-state index contributed by atoms with van der Waals surface area (Å²) in [6, 6.07) is 0. The maximum atomic E-state index is 5.50. The highest BCUT2D eigenvalue weighted by atomic mass is 16.5. The molecule has 104 valence electrons. The van der Waals surface area contributed by atoms with Crippen molar-refractivity contribution in [3.8, 4) is 0 Å². The molecule has 0 aromatic heterocycles. The van der Waals surface area contributed by atoms with Gasteiger partial charge in [-0.3, -0.25) is 0 Å². The van der Waals surface area contributed by atoms with Crippen LogP contribution in [0.4, 0.5) is 0 Å². The van der Waals surface area contributed by atoms with Gasteiger partial charge in [0.1, 0.15) is 0 Å². The van der Waals surface area contributed by atoms with Crippen LogP contribution in [0.1, 0.15) is 72.1 Å². The van der Waals surface area contributed by atoms with Gasteiger partial charge in [-0.15, -0.1) is 0 Å². The SMILES string of the molecule is CCCCCCCCCCOCCOC(C)C. The molecular weight excluding hydrogens is 212 g/mol. The molecule has 0 unspecified atom stereocenters. The van der Waals surface area contributed by atoms with E-state index in [1.807, 2.05) is 0 Å². The molecular formula is C15H32O2. The Morgan fingerprint density at radius 2 is 1.29 bits per heavy atom. The van der Waals surface area contributed by atoms with Crippen LogP contribution in [0.2, 0.25) is 0 Å². The van der Waals surface area contributed by atoms with Crippen molar-refractivity contribution in [2.45, 2.75) is 78.2 Å². The Kier molecular flexibility index (Phi) is 13.9. The van der Waals surface area contributed by atoms with Gasteiger partial charge in [0.2, 0.25) is 0 Å². The van der Waals surface area contributed by atoms with Gasteiger partial charge >= 0.3 is 0 Å². The van der Waals surface area contributed by atoms with Gasteiger partial charge in [0.05, 0.1) is 19.3 Å². The molecule has 0 atom stereocenters. The number of ether oxygens (including phenoxy) is 2. The maximum Gasteiger partial charge on any atom is 0.0703 e. The zero-order valence-electron chi connectivity index (χ0n) is 12.2. The maximum absolute atomic E-state index is 5.50. The monoisotopic (exact) mass is 244 g/mol. The first kappa shape index (κ1) is 16.9. The van der Waals surface area contributed by atoms with Crippen molar-refractivity contribution in [3.63, 3.8) is 0 Å². The number of hydrogen-bond donors (Lipinski definition) is 0. The number of unbranched alkanes of at least 4 members (excludes halogenated alkanes) is 7. The van der Waals surface area contributed by atoms with E-state index in [0.717, 1.165) is 19.8 Å². The van der Waals surface area contributed by atoms with Crippen molar-refractivity contribution in [2.24, 2.45) is 0 Å². The number of hydrogen-bond acceptors (Lipinski definition) is 2. The fourth-order valence-corrected chi connectivity index (χ4v) is 1.78. The van der Waals surface area contributed by atoms with Crippen molar-refractivity contribution < 1.29 is 9.47 Å². The third kappa shape index (κ3) is 15.9. The van der Waals surface area contributed by atoms with Crippen LogP contribution in [0.5, 0.6) is 0 Å². The topological polar surface area (TPSA) is 18.5 Å². The predicted molar refractivity (Wildman–Crippen MR) is 74.5 cm³/mol. The molecule has 0 saturated heterocycles. The van der Waals surface area contributed by atoms with E-state index in [9.17, 15) is 0 Å². The molecule has 0 aromatic rings. The third-order valence-electron chi connectivity index (χ3n) is 2.82. The summed E-state index contributed by atoms with van der Waals surface area (Å²) in [5.41, 5.74) is 0. The second kappa shape index (κ2) is 14.0. The van der Waals surface area contributed by atoms with Gasteiger partial charge < -0.3 is 9.47 Å². The third-order valence-corrected chi connectivity index (χ3v) is 2.82. The van der Waals surface area contributed by atoms with E-state index in [1.165, 1.54) is 51.4 Å². The Morgan fingerprint density at radius 1 is 0.706 bits per heavy atom. The van der Waals surface area contributed by atoms with Crippen LogP contribution in [-0.2, 0) is 9.47 Å². The van der Waals surface area contributed by atoms with Gasteiger partial charge in [0.15, 0.2) is 0 Å². The summed E-state index contributed by atoms with van der Waals surface area (Å²) >= 11 is 0. The Labute approximate surface area is 108 Å². The normalized spacial score (nSPS) is 11.3. The Hall–Kier alpha value is -0.0800. The van der Waals surface area contributed by atoms with Crippen molar-refractivity contribution in [1.82, 2.24) is 0 Å². The van der Waals surface area contributed by atoms with Gasteiger partial charge in [-0.1, -0.05) is 51.9 Å². The molecule has 0 radical (unpaired) electrons. The largest absolute Gasteiger partial charge is 0.379 e. The van der Waals surface area contributed by atoms with E-state index in [1.54, 1.807) is 0 Å². The Bertz CT molecular complexity index is 135. The van der Waals surface area contributed by atoms with Crippen LogP contribution in [0.15, 0.2) is 0 Å². The molecule has 17 heavy (non-hydrogen) atoms. The van der Waals surface area contributed by atoms with Gasteiger partial charge in [0, 0.05) is 6.61 Å². The lowest BCUT2D eigenvalue weighted by Crippen LogP contribution is -2.10. The standard InChI is InChI=1S/C15H32O2/c1-4-5-6-7-8-9-10-11-12-16-13-14-17-15(2)3/h15H,4-14H2,1-3H3. The first-order chi connectivity index (χ1) is 8.27. The Balaban J connectivity index is 2.89. The lowest BCUT2D eigenvalue weighted by Gasteiger charge is -2.08. The summed E-state index contributed by atoms with van der Waals surface area (Å²) in [6.45, 7) is 8.75. The quantitative estimate of drug-likeness (QED) is 0.442. The zero-order valence-corrected chi connectivity index (χ0v) is 12.2. The molecule has 0 aliphatic heterocycles. The van der Waals surface area contributed by atoms with E-state index >= 15 is 0 Å². The van der Waals surface area contributed by atoms with Crippen LogP contribution in [0, 0.1) is 0 Å². The van der Waals surface area contributed by atoms with Gasteiger partial charge in [0.25, 0.3) is 0 Å². The average Bonchev–Trinajstić information content (AvgIpc) is 2.30. The van der Waals surface area contributed by atoms with Crippen LogP contribution >= 0.6 is 0 Å². The van der Waals surface area contributed by atoms with Gasteiger partial charge in [-0.25, -0.2) is 0 Å². The Morgan fingerprint density at radius 3 is 1.88 bits per heavy atom. The van der Waals surface area contributed by atoms with Crippen LogP contribution in [0.25, 0.3) is 0 Å². The summed E-state index contributed by atoms with van der Waals surface area (Å²) in [4.78, 5) is 0. The molecule has 0 fully saturated rings. The van der Waals surface area contributed by atoms with E-state index in [2.05, 4.69) is 20.8 Å². The zero-order chi connectivity index (χ0) is 12.8. The highest BCUT2D eigenvalue weighted by molar-refractivity contribution is 4.46. The summed E-state index contributed by atoms with van der Waals surface area (Å²) in [5, 5.41) is 0. The fourth-order valence-electron chi connectivity index (χ4n) is 1.78. The predicted octanol–water partition coefficient (Wildman–Crippen LogP) is 4.57. The second-order valence-corrected chi connectivity index (χ2v) is 5.01. The smallest absolute Gasteiger partial charge is 0.0703 e. The van der Waals surface area contributed by atoms with E-state index in [4.69, 9.17) is 9.47 Å². The van der Waals surface area contributed by atoms with Gasteiger partial charge in [-0.05, 0) is 20.3 Å². The number of rotatable bonds is 13. The molecule has 0 heterocycles. The van der Waals surface area contributed by atoms with E-state index in [-0.39, 0.29) is 0 Å². The summed E-state index contributed by atoms with van der Waals surface area (Å²) < 4.78 is 10.9. The van der Waals surface area contributed by atoms with Crippen LogP contribution < -0.4 is 0 Å². The summed E-state index contributed by atoms with van der Waals surface area (Å²) in [6.07, 6.45) is 11.2. The molecule has 0 N–H and O–H groups in total. The molecule has 0 amide bonds. The highest BCUT2D eigenvalue weighted by Crippen LogP contribution is 2.08. The highest BCUT2D eigenvalue weighted by Gasteiger charge is 1.94. The average molecular weight is 244 g/mol. The molecule has 0 aliphatic rings. The summed E-state index contributed by atoms with van der Waals surface area (Å²) in [7, 11) is 0. The fraction of sp³-hybridized carbons (Fsp3) is 1.00. The molecule has 0 bridgehead atoms. The minimum Gasteiger partial charge on any atom is -0.379 e. The van der Waals surface area contributed by atoms with Crippen molar-refractivity contribution >= 4 is 0 Å². The molecule has 0 saturated carbocycles. The van der Waals surface area contributed by atoms with Crippen molar-refractivity contribution in [2.75, 3.05) is 19.8 Å².